The first-order valence-corrected chi connectivity index (χ1v) is 17.8. The Kier molecular flexibility index (Phi) is 15.7. The Labute approximate surface area is 313 Å². The van der Waals surface area contributed by atoms with Crippen LogP contribution in [0.1, 0.15) is 69.9 Å². The van der Waals surface area contributed by atoms with Gasteiger partial charge in [-0.1, -0.05) is 71.4 Å². The molecular weight excluding hydrogens is 702 g/mol. The predicted molar refractivity (Wildman–Crippen MR) is 192 cm³/mol. The third kappa shape index (κ3) is 11.1. The van der Waals surface area contributed by atoms with Crippen molar-refractivity contribution in [3.8, 4) is 0 Å². The molecular formula is C37H49N7O10. The maximum Gasteiger partial charge on any atom is 0.326 e. The first kappa shape index (κ1) is 42.7. The molecule has 0 aliphatic carbocycles. The van der Waals surface area contributed by atoms with Crippen molar-refractivity contribution in [1.29, 1.82) is 0 Å². The lowest BCUT2D eigenvalue weighted by molar-refractivity contribution is -0.152. The van der Waals surface area contributed by atoms with E-state index < -0.39 is 95.2 Å². The Hall–Kier alpha value is -5.74. The van der Waals surface area contributed by atoms with E-state index >= 15 is 0 Å². The lowest BCUT2D eigenvalue weighted by Gasteiger charge is -2.33. The number of carbonyl (C=O) groups is 8. The number of hydrogen-bond donors (Lipinski definition) is 5. The number of Topliss-reactive ketones (excluding diaryl/α,β-unsaturated/α-hetero) is 1. The minimum atomic E-state index is -1.49. The standard InChI is InChI=1S/C37H49N7O10/c1-7-11-24(30(45)34(49)41-25(36(51)52)18-22-12-9-8-10-13-22)40-33(48)29-23(37(53)54-6)14-17-44(29)35(50)28(21(4)5)43-32(47)27(20(2)3)42-31(46)26-19-38-15-16-39-26/h8-10,12-13,15-16,19-21,23-25,27-29H,7,11,14,17-18H2,1-6H3,(H,40,48)(H,41,49)(H,42,46)(H,43,47)(H,51,52)/t23-,24-,25-,27+,28+,29-/m0/s1. The fraction of sp³-hybridized carbons (Fsp3) is 0.514. The fourth-order valence-electron chi connectivity index (χ4n) is 6.12. The highest BCUT2D eigenvalue weighted by Gasteiger charge is 2.49. The molecule has 1 aliphatic rings. The van der Waals surface area contributed by atoms with Crippen molar-refractivity contribution in [3.63, 3.8) is 0 Å². The first-order chi connectivity index (χ1) is 25.6. The number of nitrogens with one attached hydrogen (secondary N) is 4. The van der Waals surface area contributed by atoms with Crippen molar-refractivity contribution in [2.45, 2.75) is 90.5 Å². The zero-order valence-corrected chi connectivity index (χ0v) is 31.2. The number of amides is 5. The molecule has 2 aromatic rings. The summed E-state index contributed by atoms with van der Waals surface area (Å²) in [5.74, 6) is -9.52. The van der Waals surface area contributed by atoms with Crippen molar-refractivity contribution in [2.75, 3.05) is 13.7 Å². The summed E-state index contributed by atoms with van der Waals surface area (Å²) >= 11 is 0. The SMILES string of the molecule is CCC[C@H](NC(=O)[C@@H]1[C@@H](C(=O)OC)CCN1C(=O)[C@H](NC(=O)[C@H](NC(=O)c1cnccn1)C(C)C)C(C)C)C(=O)C(=O)N[C@@H](Cc1ccccc1)C(=O)O. The van der Waals surface area contributed by atoms with Gasteiger partial charge in [-0.25, -0.2) is 9.78 Å². The highest BCUT2D eigenvalue weighted by atomic mass is 16.5. The highest BCUT2D eigenvalue weighted by Crippen LogP contribution is 2.28. The number of nitrogens with zero attached hydrogens (tertiary/aromatic N) is 3. The van der Waals surface area contributed by atoms with Gasteiger partial charge in [-0.2, -0.15) is 0 Å². The number of benzene rings is 1. The van der Waals surface area contributed by atoms with E-state index in [-0.39, 0.29) is 31.5 Å². The maximum absolute atomic E-state index is 14.2. The highest BCUT2D eigenvalue weighted by molar-refractivity contribution is 6.38. The van der Waals surface area contributed by atoms with Crippen LogP contribution < -0.4 is 21.3 Å². The van der Waals surface area contributed by atoms with E-state index in [4.69, 9.17) is 4.74 Å². The number of carbonyl (C=O) groups excluding carboxylic acids is 7. The Morgan fingerprint density at radius 3 is 2.11 bits per heavy atom. The van der Waals surface area contributed by atoms with Crippen molar-refractivity contribution in [1.82, 2.24) is 36.1 Å². The predicted octanol–water partition coefficient (Wildman–Crippen LogP) is 0.428. The molecule has 2 heterocycles. The largest absolute Gasteiger partial charge is 0.480 e. The van der Waals surface area contributed by atoms with E-state index in [2.05, 4.69) is 31.2 Å². The molecule has 17 nitrogen and oxygen atoms in total. The number of hydrogen-bond acceptors (Lipinski definition) is 11. The number of ether oxygens (including phenoxy) is 1. The number of esters is 1. The smallest absolute Gasteiger partial charge is 0.326 e. The van der Waals surface area contributed by atoms with Crippen LogP contribution in [-0.2, 0) is 44.7 Å². The molecule has 1 fully saturated rings. The van der Waals surface area contributed by atoms with Crippen LogP contribution in [0, 0.1) is 17.8 Å². The average Bonchev–Trinajstić information content (AvgIpc) is 3.60. The van der Waals surface area contributed by atoms with Gasteiger partial charge in [0, 0.05) is 25.4 Å². The molecule has 17 heteroatoms. The third-order valence-corrected chi connectivity index (χ3v) is 9.04. The van der Waals surface area contributed by atoms with E-state index in [0.29, 0.717) is 12.0 Å². The van der Waals surface area contributed by atoms with Gasteiger partial charge in [0.15, 0.2) is 0 Å². The monoisotopic (exact) mass is 751 g/mol. The van der Waals surface area contributed by atoms with Crippen LogP contribution in [0.2, 0.25) is 0 Å². The van der Waals surface area contributed by atoms with Crippen LogP contribution >= 0.6 is 0 Å². The summed E-state index contributed by atoms with van der Waals surface area (Å²) in [6.07, 6.45) is 4.20. The second-order valence-electron chi connectivity index (χ2n) is 13.7. The van der Waals surface area contributed by atoms with E-state index in [1.54, 1.807) is 65.0 Å². The van der Waals surface area contributed by atoms with Crippen LogP contribution in [0.3, 0.4) is 0 Å². The summed E-state index contributed by atoms with van der Waals surface area (Å²) < 4.78 is 4.94. The van der Waals surface area contributed by atoms with Crippen molar-refractivity contribution in [2.24, 2.45) is 17.8 Å². The molecule has 1 saturated heterocycles. The number of rotatable bonds is 18. The van der Waals surface area contributed by atoms with Crippen LogP contribution in [0.5, 0.6) is 0 Å². The summed E-state index contributed by atoms with van der Waals surface area (Å²) in [5, 5.41) is 19.8. The second kappa shape index (κ2) is 19.9. The summed E-state index contributed by atoms with van der Waals surface area (Å²) in [4.78, 5) is 115. The molecule has 1 aliphatic heterocycles. The molecule has 1 aromatic heterocycles. The number of ketones is 1. The second-order valence-corrected chi connectivity index (χ2v) is 13.7. The summed E-state index contributed by atoms with van der Waals surface area (Å²) in [6.45, 7) is 8.37. The van der Waals surface area contributed by atoms with Crippen LogP contribution in [0.25, 0.3) is 0 Å². The van der Waals surface area contributed by atoms with E-state index in [1.807, 2.05) is 0 Å². The molecule has 0 spiro atoms. The summed E-state index contributed by atoms with van der Waals surface area (Å²) in [7, 11) is 1.13. The van der Waals surface area contributed by atoms with E-state index in [0.717, 1.165) is 12.0 Å². The zero-order chi connectivity index (χ0) is 40.1. The number of aliphatic carboxylic acids is 1. The molecule has 1 aromatic carbocycles. The Bertz CT molecular complexity index is 1670. The van der Waals surface area contributed by atoms with E-state index in [9.17, 15) is 43.5 Å². The quantitative estimate of drug-likeness (QED) is 0.103. The molecule has 0 radical (unpaired) electrons. The van der Waals surface area contributed by atoms with Crippen LogP contribution in [-0.4, -0.2) is 111 Å². The van der Waals surface area contributed by atoms with Gasteiger partial charge in [-0.15, -0.1) is 0 Å². The minimum absolute atomic E-state index is 0.0144. The molecule has 5 amide bonds. The number of methoxy groups -OCH3 is 1. The lowest BCUT2D eigenvalue weighted by Crippen LogP contribution is -2.61. The van der Waals surface area contributed by atoms with Gasteiger partial charge >= 0.3 is 11.9 Å². The van der Waals surface area contributed by atoms with Gasteiger partial charge in [-0.3, -0.25) is 38.5 Å². The number of carboxylic acids is 1. The van der Waals surface area contributed by atoms with Crippen molar-refractivity contribution >= 4 is 47.3 Å². The van der Waals surface area contributed by atoms with Crippen LogP contribution in [0.4, 0.5) is 0 Å². The van der Waals surface area contributed by atoms with Crippen molar-refractivity contribution in [3.05, 3.63) is 60.2 Å². The molecule has 3 rings (SSSR count). The lowest BCUT2D eigenvalue weighted by atomic mass is 9.96. The number of carboxylic acid groups (broad SMARTS) is 1. The normalized spacial score (nSPS) is 17.4. The van der Waals surface area contributed by atoms with E-state index in [1.165, 1.54) is 18.6 Å². The molecule has 0 unspecified atom stereocenters. The third-order valence-electron chi connectivity index (χ3n) is 9.04. The topological polar surface area (TPSA) is 243 Å². The van der Waals surface area contributed by atoms with Gasteiger partial charge in [0.05, 0.1) is 25.3 Å². The van der Waals surface area contributed by atoms with Gasteiger partial charge in [0.1, 0.15) is 29.9 Å². The Morgan fingerprint density at radius 1 is 0.889 bits per heavy atom. The zero-order valence-electron chi connectivity index (χ0n) is 31.2. The molecule has 6 atom stereocenters. The molecule has 292 valence electrons. The molecule has 0 saturated carbocycles. The number of likely N-dealkylation sites (tertiary alicyclic amines) is 1. The first-order valence-electron chi connectivity index (χ1n) is 17.8. The molecule has 54 heavy (non-hydrogen) atoms. The minimum Gasteiger partial charge on any atom is -0.480 e. The molecule has 5 N–H and O–H groups in total. The van der Waals surface area contributed by atoms with Crippen molar-refractivity contribution < 1.29 is 48.2 Å². The van der Waals surface area contributed by atoms with Crippen LogP contribution in [0.15, 0.2) is 48.9 Å². The average molecular weight is 752 g/mol. The summed E-state index contributed by atoms with van der Waals surface area (Å²) in [6, 6.07) is 1.86. The maximum atomic E-state index is 14.2. The van der Waals surface area contributed by atoms with Gasteiger partial charge in [0.2, 0.25) is 23.5 Å². The Morgan fingerprint density at radius 2 is 1.56 bits per heavy atom. The number of aromatic nitrogens is 2. The Balaban J connectivity index is 1.83. The van der Waals surface area contributed by atoms with Gasteiger partial charge < -0.3 is 36.0 Å². The summed E-state index contributed by atoms with van der Waals surface area (Å²) in [5.41, 5.74) is 0.594. The molecule has 0 bridgehead atoms. The van der Waals surface area contributed by atoms with Gasteiger partial charge in [-0.05, 0) is 30.2 Å². The fourth-order valence-corrected chi connectivity index (χ4v) is 6.12. The van der Waals surface area contributed by atoms with Gasteiger partial charge in [0.25, 0.3) is 11.8 Å².